The van der Waals surface area contributed by atoms with Crippen LogP contribution in [0.3, 0.4) is 0 Å². The minimum Gasteiger partial charge on any atom is -0.315 e. The van der Waals surface area contributed by atoms with Crippen LogP contribution < -0.4 is 5.32 Å². The molecule has 0 aliphatic rings. The molecule has 1 N–H and O–H groups in total. The van der Waals surface area contributed by atoms with E-state index in [0.29, 0.717) is 18.0 Å². The van der Waals surface area contributed by atoms with E-state index in [1.54, 1.807) is 18.4 Å². The highest BCUT2D eigenvalue weighted by atomic mass is 32.2. The van der Waals surface area contributed by atoms with E-state index in [0.717, 1.165) is 16.9 Å². The number of sulfonamides is 1. The van der Waals surface area contributed by atoms with E-state index in [9.17, 15) is 8.42 Å². The molecule has 0 bridgehead atoms. The van der Waals surface area contributed by atoms with Gasteiger partial charge in [-0.25, -0.2) is 12.7 Å². The molecule has 0 aliphatic heterocycles. The largest absolute Gasteiger partial charge is 0.315 e. The number of nitrogens with one attached hydrogen (secondary N) is 1. The average Bonchev–Trinajstić information content (AvgIpc) is 3.06. The summed E-state index contributed by atoms with van der Waals surface area (Å²) >= 11 is 3.15. The Labute approximate surface area is 134 Å². The molecule has 0 amide bonds. The number of nitrogens with zero attached hydrogens (tertiary/aromatic N) is 1. The van der Waals surface area contributed by atoms with Crippen molar-refractivity contribution in [2.45, 2.75) is 24.8 Å². The van der Waals surface area contributed by atoms with Crippen molar-refractivity contribution >= 4 is 32.7 Å². The van der Waals surface area contributed by atoms with E-state index in [-0.39, 0.29) is 0 Å². The Balaban J connectivity index is 2.18. The van der Waals surface area contributed by atoms with Gasteiger partial charge in [0.05, 0.1) is 0 Å². The van der Waals surface area contributed by atoms with Crippen LogP contribution in [0.2, 0.25) is 0 Å². The molecule has 0 saturated carbocycles. The highest BCUT2D eigenvalue weighted by molar-refractivity contribution is 7.89. The summed E-state index contributed by atoms with van der Waals surface area (Å²) in [6.45, 7) is 2.93. The summed E-state index contributed by atoms with van der Waals surface area (Å²) in [7, 11) is 0.0573. The standard InChI is InChI=1S/C14H20N2O2S3/c1-11-10-20-13(9-15-2)14(11)21(17,18)16(3)7-6-12-5-4-8-19-12/h4-5,8,10,15H,6-7,9H2,1-3H3. The van der Waals surface area contributed by atoms with Gasteiger partial charge < -0.3 is 5.32 Å². The summed E-state index contributed by atoms with van der Waals surface area (Å²) in [6, 6.07) is 4.02. The summed E-state index contributed by atoms with van der Waals surface area (Å²) in [6.07, 6.45) is 0.748. The third-order valence-electron chi connectivity index (χ3n) is 3.25. The number of thiophene rings is 2. The van der Waals surface area contributed by atoms with Gasteiger partial charge in [0.2, 0.25) is 10.0 Å². The zero-order valence-corrected chi connectivity index (χ0v) is 14.9. The first-order chi connectivity index (χ1) is 9.96. The third kappa shape index (κ3) is 3.73. The Morgan fingerprint density at radius 3 is 2.71 bits per heavy atom. The van der Waals surface area contributed by atoms with Crippen LogP contribution in [0.25, 0.3) is 0 Å². The van der Waals surface area contributed by atoms with E-state index in [2.05, 4.69) is 5.32 Å². The van der Waals surface area contributed by atoms with E-state index in [1.165, 1.54) is 20.5 Å². The Morgan fingerprint density at radius 2 is 2.10 bits per heavy atom. The number of aryl methyl sites for hydroxylation is 1. The first-order valence-corrected chi connectivity index (χ1v) is 9.87. The minimum absolute atomic E-state index is 0.468. The summed E-state index contributed by atoms with van der Waals surface area (Å²) in [5.41, 5.74) is 0.827. The van der Waals surface area contributed by atoms with Gasteiger partial charge in [0.1, 0.15) is 4.90 Å². The zero-order chi connectivity index (χ0) is 15.5. The van der Waals surface area contributed by atoms with Crippen LogP contribution in [0, 0.1) is 6.92 Å². The van der Waals surface area contributed by atoms with Gasteiger partial charge in [0.15, 0.2) is 0 Å². The quantitative estimate of drug-likeness (QED) is 0.840. The molecule has 2 rings (SSSR count). The lowest BCUT2D eigenvalue weighted by atomic mass is 10.3. The molecular weight excluding hydrogens is 324 g/mol. The van der Waals surface area contributed by atoms with E-state index >= 15 is 0 Å². The number of hydrogen-bond acceptors (Lipinski definition) is 5. The number of likely N-dealkylation sites (N-methyl/N-ethyl adjacent to an activating group) is 1. The topological polar surface area (TPSA) is 49.4 Å². The Kier molecular flexibility index (Phi) is 5.56. The lowest BCUT2D eigenvalue weighted by molar-refractivity contribution is 0.472. The molecule has 2 aromatic heterocycles. The molecule has 7 heteroatoms. The summed E-state index contributed by atoms with van der Waals surface area (Å²) in [5, 5.41) is 6.95. The maximum absolute atomic E-state index is 12.8. The second kappa shape index (κ2) is 7.02. The predicted molar refractivity (Wildman–Crippen MR) is 89.7 cm³/mol. The van der Waals surface area contributed by atoms with Crippen LogP contribution >= 0.6 is 22.7 Å². The van der Waals surface area contributed by atoms with Gasteiger partial charge >= 0.3 is 0 Å². The average molecular weight is 345 g/mol. The van der Waals surface area contributed by atoms with Crippen LogP contribution in [0.1, 0.15) is 15.3 Å². The van der Waals surface area contributed by atoms with Crippen molar-refractivity contribution < 1.29 is 8.42 Å². The first kappa shape index (κ1) is 16.6. The lowest BCUT2D eigenvalue weighted by Gasteiger charge is -2.18. The van der Waals surface area contributed by atoms with E-state index < -0.39 is 10.0 Å². The molecule has 0 aromatic carbocycles. The molecule has 0 unspecified atom stereocenters. The first-order valence-electron chi connectivity index (χ1n) is 6.67. The van der Waals surface area contributed by atoms with Gasteiger partial charge in [0.25, 0.3) is 0 Å². The molecule has 0 spiro atoms. The zero-order valence-electron chi connectivity index (χ0n) is 12.4. The second-order valence-electron chi connectivity index (χ2n) is 4.86. The number of rotatable bonds is 7. The van der Waals surface area contributed by atoms with Crippen LogP contribution in [0.4, 0.5) is 0 Å². The fourth-order valence-corrected chi connectivity index (χ4v) is 5.75. The summed E-state index contributed by atoms with van der Waals surface area (Å²) in [5.74, 6) is 0. The van der Waals surface area contributed by atoms with Gasteiger partial charge in [-0.15, -0.1) is 22.7 Å². The molecule has 0 saturated heterocycles. The molecule has 2 aromatic rings. The lowest BCUT2D eigenvalue weighted by Crippen LogP contribution is -2.30. The molecule has 0 fully saturated rings. The van der Waals surface area contributed by atoms with Crippen LogP contribution in [-0.2, 0) is 23.0 Å². The molecule has 2 heterocycles. The summed E-state index contributed by atoms with van der Waals surface area (Å²) in [4.78, 5) is 2.54. The van der Waals surface area contributed by atoms with Crippen molar-refractivity contribution in [2.75, 3.05) is 20.6 Å². The maximum atomic E-state index is 12.8. The fourth-order valence-electron chi connectivity index (χ4n) is 2.11. The van der Waals surface area contributed by atoms with Crippen LogP contribution in [0.15, 0.2) is 27.8 Å². The predicted octanol–water partition coefficient (Wildman–Crippen LogP) is 2.70. The van der Waals surface area contributed by atoms with Crippen molar-refractivity contribution in [3.05, 3.63) is 38.2 Å². The van der Waals surface area contributed by atoms with E-state index in [1.807, 2.05) is 36.9 Å². The SMILES string of the molecule is CNCc1scc(C)c1S(=O)(=O)N(C)CCc1cccs1. The summed E-state index contributed by atoms with van der Waals surface area (Å²) < 4.78 is 27.0. The minimum atomic E-state index is -3.42. The molecule has 21 heavy (non-hydrogen) atoms. The van der Waals surface area contributed by atoms with Crippen molar-refractivity contribution in [3.63, 3.8) is 0 Å². The normalized spacial score (nSPS) is 12.2. The molecule has 0 aliphatic carbocycles. The second-order valence-corrected chi connectivity index (χ2v) is 8.84. The smallest absolute Gasteiger partial charge is 0.244 e. The Bertz CT molecular complexity index is 675. The Morgan fingerprint density at radius 1 is 1.33 bits per heavy atom. The number of hydrogen-bond donors (Lipinski definition) is 1. The van der Waals surface area contributed by atoms with Crippen molar-refractivity contribution in [2.24, 2.45) is 0 Å². The van der Waals surface area contributed by atoms with Crippen molar-refractivity contribution in [1.29, 1.82) is 0 Å². The Hall–Kier alpha value is -0.730. The molecule has 0 atom stereocenters. The van der Waals surface area contributed by atoms with Gasteiger partial charge in [-0.1, -0.05) is 6.07 Å². The van der Waals surface area contributed by atoms with Gasteiger partial charge in [-0.3, -0.25) is 0 Å². The van der Waals surface area contributed by atoms with Crippen molar-refractivity contribution in [3.8, 4) is 0 Å². The monoisotopic (exact) mass is 344 g/mol. The molecule has 4 nitrogen and oxygen atoms in total. The third-order valence-corrected chi connectivity index (χ3v) is 7.51. The maximum Gasteiger partial charge on any atom is 0.244 e. The molecule has 116 valence electrons. The van der Waals surface area contributed by atoms with Gasteiger partial charge in [0, 0.05) is 29.9 Å². The fraction of sp³-hybridized carbons (Fsp3) is 0.429. The highest BCUT2D eigenvalue weighted by Gasteiger charge is 2.26. The molecular formula is C14H20N2O2S3. The molecule has 0 radical (unpaired) electrons. The van der Waals surface area contributed by atoms with Gasteiger partial charge in [-0.05, 0) is 42.8 Å². The van der Waals surface area contributed by atoms with E-state index in [4.69, 9.17) is 0 Å². The van der Waals surface area contributed by atoms with Crippen LogP contribution in [0.5, 0.6) is 0 Å². The van der Waals surface area contributed by atoms with Crippen LogP contribution in [-0.4, -0.2) is 33.4 Å². The highest BCUT2D eigenvalue weighted by Crippen LogP contribution is 2.29. The van der Waals surface area contributed by atoms with Crippen molar-refractivity contribution in [1.82, 2.24) is 9.62 Å². The van der Waals surface area contributed by atoms with Gasteiger partial charge in [-0.2, -0.15) is 0 Å².